The van der Waals surface area contributed by atoms with Crippen LogP contribution in [0.5, 0.6) is 0 Å². The van der Waals surface area contributed by atoms with Gasteiger partial charge in [0.25, 0.3) is 0 Å². The van der Waals surface area contributed by atoms with Crippen LogP contribution >= 0.6 is 0 Å². The quantitative estimate of drug-likeness (QED) is 0.562. The van der Waals surface area contributed by atoms with Gasteiger partial charge in [0, 0.05) is 0 Å². The first-order valence-electron chi connectivity index (χ1n) is 4.18. The zero-order valence-corrected chi connectivity index (χ0v) is 8.71. The second kappa shape index (κ2) is 4.91. The Labute approximate surface area is 66.2 Å². The van der Waals surface area contributed by atoms with Crippen molar-refractivity contribution in [3.8, 4) is 0 Å². The van der Waals surface area contributed by atoms with Crippen LogP contribution in [0.25, 0.3) is 0 Å². The maximum atomic E-state index is 11.3. The minimum Gasteiger partial charge on any atom is -0.302 e. The maximum Gasteiger partial charge on any atom is 0.222 e. The largest absolute Gasteiger partial charge is 0.302 e. The Kier molecular flexibility index (Phi) is 5.00. The van der Waals surface area contributed by atoms with Crippen molar-refractivity contribution in [2.75, 3.05) is 0 Å². The van der Waals surface area contributed by atoms with Crippen LogP contribution in [-0.2, 0) is 4.80 Å². The average molecular weight is 159 g/mol. The third-order valence-electron chi connectivity index (χ3n) is 1.47. The second-order valence-electron chi connectivity index (χ2n) is 3.88. The van der Waals surface area contributed by atoms with E-state index in [1.807, 2.05) is 0 Å². The lowest BCUT2D eigenvalue weighted by Gasteiger charge is -2.10. The van der Waals surface area contributed by atoms with Crippen molar-refractivity contribution in [2.45, 2.75) is 39.8 Å². The fraction of sp³-hybridized carbons (Fsp3) is 1.00. The molecule has 0 saturated heterocycles. The molecule has 0 heterocycles. The van der Waals surface area contributed by atoms with Crippen LogP contribution in [0.4, 0.5) is 0 Å². The Morgan fingerprint density at radius 1 is 1.00 bits per heavy atom. The van der Waals surface area contributed by atoms with Crippen molar-refractivity contribution in [2.24, 2.45) is 11.8 Å². The van der Waals surface area contributed by atoms with E-state index in [-0.39, 0.29) is 0 Å². The minimum atomic E-state index is -1.57. The van der Waals surface area contributed by atoms with Crippen molar-refractivity contribution < 1.29 is 4.80 Å². The van der Waals surface area contributed by atoms with Crippen molar-refractivity contribution in [3.05, 3.63) is 0 Å². The van der Waals surface area contributed by atoms with Gasteiger partial charge >= 0.3 is 0 Å². The predicted octanol–water partition coefficient (Wildman–Crippen LogP) is 2.45. The van der Waals surface area contributed by atoms with Gasteiger partial charge in [-0.2, -0.15) is 0 Å². The van der Waals surface area contributed by atoms with Crippen LogP contribution in [0, 0.1) is 11.8 Å². The Morgan fingerprint density at radius 2 is 1.30 bits per heavy atom. The molecule has 1 radical (unpaired) electrons. The van der Waals surface area contributed by atoms with E-state index in [0.717, 1.165) is 12.1 Å². The zero-order valence-electron chi connectivity index (χ0n) is 7.55. The van der Waals surface area contributed by atoms with Gasteiger partial charge in [0.1, 0.15) is 0 Å². The Hall–Kier alpha value is 0.177. The molecule has 0 aliphatic carbocycles. The molecule has 2 heteroatoms. The zero-order chi connectivity index (χ0) is 8.15. The monoisotopic (exact) mass is 159 g/mol. The van der Waals surface area contributed by atoms with Gasteiger partial charge in [0.2, 0.25) is 9.04 Å². The van der Waals surface area contributed by atoms with E-state index in [0.29, 0.717) is 11.8 Å². The third-order valence-corrected chi connectivity index (χ3v) is 4.41. The molecule has 0 aromatic heterocycles. The lowest BCUT2D eigenvalue weighted by molar-refractivity contribution is 0.425. The summed E-state index contributed by atoms with van der Waals surface area (Å²) in [4.78, 5) is 11.3. The average Bonchev–Trinajstić information content (AvgIpc) is 1.58. The first-order chi connectivity index (χ1) is 4.52. The standard InChI is InChI=1S/C8H19OSi/c1-7(2)5-10(9)6-8(3)4/h7-8,10H,5-6H2,1-4H3. The van der Waals surface area contributed by atoms with Gasteiger partial charge < -0.3 is 4.80 Å². The molecular weight excluding hydrogens is 140 g/mol. The molecule has 0 amide bonds. The normalized spacial score (nSPS) is 12.0. The molecule has 61 valence electrons. The van der Waals surface area contributed by atoms with E-state index in [2.05, 4.69) is 27.7 Å². The SMILES string of the molecule is CC(C)C[SiH]([O])CC(C)C. The molecule has 0 spiro atoms. The fourth-order valence-electron chi connectivity index (χ4n) is 1.15. The third kappa shape index (κ3) is 6.30. The molecule has 0 rings (SSSR count). The van der Waals surface area contributed by atoms with Gasteiger partial charge in [-0.1, -0.05) is 27.7 Å². The highest BCUT2D eigenvalue weighted by Crippen LogP contribution is 2.12. The molecule has 0 aliphatic rings. The van der Waals surface area contributed by atoms with Crippen molar-refractivity contribution in [3.63, 3.8) is 0 Å². The molecule has 0 aromatic carbocycles. The molecule has 0 atom stereocenters. The van der Waals surface area contributed by atoms with Crippen molar-refractivity contribution in [1.82, 2.24) is 0 Å². The summed E-state index contributed by atoms with van der Waals surface area (Å²) < 4.78 is 0. The summed E-state index contributed by atoms with van der Waals surface area (Å²) in [6.07, 6.45) is 0. The van der Waals surface area contributed by atoms with Gasteiger partial charge in [0.15, 0.2) is 0 Å². The highest BCUT2D eigenvalue weighted by molar-refractivity contribution is 6.50. The molecule has 0 saturated carbocycles. The van der Waals surface area contributed by atoms with E-state index in [1.165, 1.54) is 0 Å². The molecule has 1 nitrogen and oxygen atoms in total. The topological polar surface area (TPSA) is 19.9 Å². The van der Waals surface area contributed by atoms with Crippen LogP contribution < -0.4 is 0 Å². The van der Waals surface area contributed by atoms with E-state index in [9.17, 15) is 4.80 Å². The Bertz CT molecular complexity index is 71.3. The van der Waals surface area contributed by atoms with E-state index >= 15 is 0 Å². The summed E-state index contributed by atoms with van der Waals surface area (Å²) in [5.74, 6) is 1.24. The molecule has 0 N–H and O–H groups in total. The summed E-state index contributed by atoms with van der Waals surface area (Å²) in [5.41, 5.74) is 0. The van der Waals surface area contributed by atoms with Crippen LogP contribution in [-0.4, -0.2) is 9.04 Å². The summed E-state index contributed by atoms with van der Waals surface area (Å²) in [6.45, 7) is 8.55. The predicted molar refractivity (Wildman–Crippen MR) is 47.1 cm³/mol. The smallest absolute Gasteiger partial charge is 0.222 e. The van der Waals surface area contributed by atoms with Crippen molar-refractivity contribution >= 4 is 9.04 Å². The molecule has 10 heavy (non-hydrogen) atoms. The van der Waals surface area contributed by atoms with E-state index < -0.39 is 9.04 Å². The first-order valence-corrected chi connectivity index (χ1v) is 6.28. The first kappa shape index (κ1) is 10.2. The summed E-state index contributed by atoms with van der Waals surface area (Å²) >= 11 is 0. The number of hydrogen-bond donors (Lipinski definition) is 0. The lowest BCUT2D eigenvalue weighted by atomic mass is 10.3. The van der Waals surface area contributed by atoms with Crippen LogP contribution in [0.2, 0.25) is 12.1 Å². The highest BCUT2D eigenvalue weighted by Gasteiger charge is 2.12. The second-order valence-corrected chi connectivity index (χ2v) is 6.07. The lowest BCUT2D eigenvalue weighted by Crippen LogP contribution is -2.14. The summed E-state index contributed by atoms with van der Waals surface area (Å²) in [5, 5.41) is 0. The molecule has 0 bridgehead atoms. The van der Waals surface area contributed by atoms with Gasteiger partial charge in [-0.05, 0) is 23.9 Å². The van der Waals surface area contributed by atoms with E-state index in [1.54, 1.807) is 0 Å². The fourth-order valence-corrected chi connectivity index (χ4v) is 3.44. The van der Waals surface area contributed by atoms with Gasteiger partial charge in [0.05, 0.1) is 0 Å². The molecule has 0 fully saturated rings. The molecule has 0 aromatic rings. The number of rotatable bonds is 4. The van der Waals surface area contributed by atoms with Crippen molar-refractivity contribution in [1.29, 1.82) is 0 Å². The molecular formula is C8H19OSi. The van der Waals surface area contributed by atoms with Crippen LogP contribution in [0.15, 0.2) is 0 Å². The van der Waals surface area contributed by atoms with Gasteiger partial charge in [-0.3, -0.25) is 0 Å². The highest BCUT2D eigenvalue weighted by atomic mass is 28.3. The van der Waals surface area contributed by atoms with Crippen LogP contribution in [0.1, 0.15) is 27.7 Å². The summed E-state index contributed by atoms with van der Waals surface area (Å²) in [7, 11) is -1.57. The summed E-state index contributed by atoms with van der Waals surface area (Å²) in [6, 6.07) is 1.94. The molecule has 0 unspecified atom stereocenters. The maximum absolute atomic E-state index is 11.3. The minimum absolute atomic E-state index is 0.618. The van der Waals surface area contributed by atoms with Crippen LogP contribution in [0.3, 0.4) is 0 Å². The Morgan fingerprint density at radius 3 is 1.50 bits per heavy atom. The van der Waals surface area contributed by atoms with Gasteiger partial charge in [-0.25, -0.2) is 0 Å². The number of hydrogen-bond acceptors (Lipinski definition) is 0. The van der Waals surface area contributed by atoms with Gasteiger partial charge in [-0.15, -0.1) is 0 Å². The van der Waals surface area contributed by atoms with E-state index in [4.69, 9.17) is 0 Å². The Balaban J connectivity index is 3.34. The molecule has 0 aliphatic heterocycles.